The van der Waals surface area contributed by atoms with E-state index in [1.54, 1.807) is 18.2 Å². The molecule has 2 aromatic rings. The van der Waals surface area contributed by atoms with Crippen LogP contribution < -0.4 is 10.9 Å². The molecule has 0 fully saturated rings. The standard InChI is InChI=1S/C10H8ClNO4/c1-5-2-3-7-6(4-5)8(11)9(12(14)15)10(13)16-7/h2-4,12,14H,1H3. The Kier molecular flexibility index (Phi) is 2.69. The molecule has 16 heavy (non-hydrogen) atoms. The van der Waals surface area contributed by atoms with E-state index in [1.807, 2.05) is 6.92 Å². The molecule has 84 valence electrons. The number of hydrogen-bond acceptors (Lipinski definition) is 4. The van der Waals surface area contributed by atoms with Gasteiger partial charge in [-0.05, 0) is 19.1 Å². The first-order chi connectivity index (χ1) is 7.50. The summed E-state index contributed by atoms with van der Waals surface area (Å²) in [6, 6.07) is 5.01. The monoisotopic (exact) mass is 241 g/mol. The van der Waals surface area contributed by atoms with E-state index in [1.165, 1.54) is 0 Å². The Labute approximate surface area is 95.0 Å². The number of quaternary nitrogens is 1. The van der Waals surface area contributed by atoms with Crippen LogP contribution in [0.4, 0.5) is 5.69 Å². The molecule has 5 nitrogen and oxygen atoms in total. The van der Waals surface area contributed by atoms with Crippen molar-refractivity contribution in [3.63, 3.8) is 0 Å². The highest BCUT2D eigenvalue weighted by Gasteiger charge is 2.18. The zero-order chi connectivity index (χ0) is 11.9. The molecule has 1 atom stereocenters. The number of benzene rings is 1. The summed E-state index contributed by atoms with van der Waals surface area (Å²) in [5, 5.41) is 18.6. The van der Waals surface area contributed by atoms with Crippen LogP contribution in [0.3, 0.4) is 0 Å². The summed E-state index contributed by atoms with van der Waals surface area (Å²) in [6.07, 6.45) is 0. The molecule has 0 aliphatic heterocycles. The van der Waals surface area contributed by atoms with E-state index in [-0.39, 0.29) is 10.6 Å². The molecule has 0 amide bonds. The average Bonchev–Trinajstić information content (AvgIpc) is 2.19. The second-order valence-corrected chi connectivity index (χ2v) is 3.76. The Morgan fingerprint density at radius 2 is 2.19 bits per heavy atom. The lowest BCUT2D eigenvalue weighted by Crippen LogP contribution is -3.00. The molecule has 1 aromatic carbocycles. The van der Waals surface area contributed by atoms with Crippen LogP contribution in [-0.2, 0) is 0 Å². The molecular formula is C10H8ClNO4. The summed E-state index contributed by atoms with van der Waals surface area (Å²) >= 11 is 5.87. The molecule has 0 saturated carbocycles. The van der Waals surface area contributed by atoms with Crippen LogP contribution in [0.1, 0.15) is 5.56 Å². The fraction of sp³-hybridized carbons (Fsp3) is 0.100. The molecule has 0 saturated heterocycles. The SMILES string of the molecule is Cc1ccc2oc(=O)c([NH+]([O-])O)c(Cl)c2c1. The predicted molar refractivity (Wildman–Crippen MR) is 58.0 cm³/mol. The summed E-state index contributed by atoms with van der Waals surface area (Å²) in [6.45, 7) is 1.83. The van der Waals surface area contributed by atoms with Crippen molar-refractivity contribution in [1.82, 2.24) is 0 Å². The number of rotatable bonds is 1. The quantitative estimate of drug-likeness (QED) is 0.580. The second-order valence-electron chi connectivity index (χ2n) is 3.38. The Morgan fingerprint density at radius 3 is 2.81 bits per heavy atom. The van der Waals surface area contributed by atoms with Crippen LogP contribution in [0.15, 0.2) is 27.4 Å². The number of halogens is 1. The minimum Gasteiger partial charge on any atom is -0.595 e. The molecule has 1 aromatic heterocycles. The van der Waals surface area contributed by atoms with Crippen molar-refractivity contribution in [2.24, 2.45) is 0 Å². The maximum atomic E-state index is 11.3. The van der Waals surface area contributed by atoms with Gasteiger partial charge in [0.1, 0.15) is 10.6 Å². The third-order valence-electron chi connectivity index (χ3n) is 2.21. The Morgan fingerprint density at radius 1 is 1.50 bits per heavy atom. The van der Waals surface area contributed by atoms with Crippen molar-refractivity contribution in [2.45, 2.75) is 6.92 Å². The highest BCUT2D eigenvalue weighted by molar-refractivity contribution is 6.37. The summed E-state index contributed by atoms with van der Waals surface area (Å²) in [4.78, 5) is 11.3. The smallest absolute Gasteiger partial charge is 0.403 e. The second kappa shape index (κ2) is 3.88. The molecule has 0 radical (unpaired) electrons. The molecule has 2 N–H and O–H groups in total. The van der Waals surface area contributed by atoms with Gasteiger partial charge in [0.25, 0.3) is 5.69 Å². The van der Waals surface area contributed by atoms with Crippen LogP contribution in [0.2, 0.25) is 5.02 Å². The van der Waals surface area contributed by atoms with E-state index in [2.05, 4.69) is 0 Å². The first-order valence-electron chi connectivity index (χ1n) is 4.47. The minimum absolute atomic E-state index is 0.0811. The van der Waals surface area contributed by atoms with Gasteiger partial charge in [-0.1, -0.05) is 23.2 Å². The number of aryl methyl sites for hydroxylation is 1. The van der Waals surface area contributed by atoms with Gasteiger partial charge in [0, 0.05) is 5.39 Å². The maximum Gasteiger partial charge on any atom is 0.403 e. The minimum atomic E-state index is -1.39. The van der Waals surface area contributed by atoms with Gasteiger partial charge in [-0.2, -0.15) is 5.23 Å². The van der Waals surface area contributed by atoms with Crippen molar-refractivity contribution in [3.05, 3.63) is 44.4 Å². The highest BCUT2D eigenvalue weighted by Crippen LogP contribution is 2.26. The number of fused-ring (bicyclic) bond motifs is 1. The zero-order valence-corrected chi connectivity index (χ0v) is 9.04. The van der Waals surface area contributed by atoms with Gasteiger partial charge in [0.05, 0.1) is 0 Å². The Balaban J connectivity index is 2.91. The van der Waals surface area contributed by atoms with Gasteiger partial charge >= 0.3 is 5.63 Å². The third-order valence-corrected chi connectivity index (χ3v) is 2.60. The van der Waals surface area contributed by atoms with Gasteiger partial charge in [-0.15, -0.1) is 0 Å². The first kappa shape index (κ1) is 11.1. The normalized spacial score (nSPS) is 13.0. The molecule has 6 heteroatoms. The largest absolute Gasteiger partial charge is 0.595 e. The van der Waals surface area contributed by atoms with Crippen LogP contribution in [0, 0.1) is 12.1 Å². The lowest BCUT2D eigenvalue weighted by atomic mass is 10.1. The lowest BCUT2D eigenvalue weighted by Gasteiger charge is -2.12. The van der Waals surface area contributed by atoms with Crippen LogP contribution in [-0.4, -0.2) is 5.21 Å². The topological polar surface area (TPSA) is 77.9 Å². The summed E-state index contributed by atoms with van der Waals surface area (Å²) < 4.78 is 4.87. The third kappa shape index (κ3) is 1.70. The summed E-state index contributed by atoms with van der Waals surface area (Å²) in [5.41, 5.74) is -0.279. The average molecular weight is 242 g/mol. The summed E-state index contributed by atoms with van der Waals surface area (Å²) in [7, 11) is 0. The van der Waals surface area contributed by atoms with E-state index in [0.717, 1.165) is 5.56 Å². The molecule has 0 aliphatic carbocycles. The van der Waals surface area contributed by atoms with Gasteiger partial charge in [0.15, 0.2) is 0 Å². The van der Waals surface area contributed by atoms with Crippen LogP contribution >= 0.6 is 11.6 Å². The fourth-order valence-electron chi connectivity index (χ4n) is 1.46. The van der Waals surface area contributed by atoms with Crippen molar-refractivity contribution in [1.29, 1.82) is 0 Å². The molecule has 1 heterocycles. The molecule has 1 unspecified atom stereocenters. The van der Waals surface area contributed by atoms with Gasteiger partial charge in [-0.25, -0.2) is 10.0 Å². The lowest BCUT2D eigenvalue weighted by molar-refractivity contribution is -0.992. The van der Waals surface area contributed by atoms with Gasteiger partial charge in [0.2, 0.25) is 0 Å². The van der Waals surface area contributed by atoms with Crippen molar-refractivity contribution in [2.75, 3.05) is 0 Å². The number of nitrogens with one attached hydrogen (secondary N) is 1. The Hall–Kier alpha value is -1.40. The summed E-state index contributed by atoms with van der Waals surface area (Å²) in [5.74, 6) is 0. The fourth-order valence-corrected chi connectivity index (χ4v) is 1.77. The molecular weight excluding hydrogens is 234 g/mol. The van der Waals surface area contributed by atoms with Crippen LogP contribution in [0.5, 0.6) is 0 Å². The van der Waals surface area contributed by atoms with E-state index in [0.29, 0.717) is 5.39 Å². The highest BCUT2D eigenvalue weighted by atomic mass is 35.5. The van der Waals surface area contributed by atoms with Crippen LogP contribution in [0.25, 0.3) is 11.0 Å². The van der Waals surface area contributed by atoms with Crippen molar-refractivity contribution >= 4 is 28.3 Å². The predicted octanol–water partition coefficient (Wildman–Crippen LogP) is 1.16. The molecule has 2 rings (SSSR count). The van der Waals surface area contributed by atoms with Gasteiger partial charge in [-0.3, -0.25) is 0 Å². The molecule has 0 aliphatic rings. The van der Waals surface area contributed by atoms with E-state index >= 15 is 0 Å². The van der Waals surface area contributed by atoms with E-state index in [4.69, 9.17) is 21.2 Å². The Bertz CT molecular complexity index is 606. The molecule has 0 spiro atoms. The van der Waals surface area contributed by atoms with Crippen molar-refractivity contribution < 1.29 is 14.9 Å². The van der Waals surface area contributed by atoms with E-state index in [9.17, 15) is 10.0 Å². The van der Waals surface area contributed by atoms with Crippen molar-refractivity contribution in [3.8, 4) is 0 Å². The number of hydrogen-bond donors (Lipinski definition) is 2. The van der Waals surface area contributed by atoms with Gasteiger partial charge < -0.3 is 9.62 Å². The molecule has 0 bridgehead atoms. The first-order valence-corrected chi connectivity index (χ1v) is 4.85. The maximum absolute atomic E-state index is 11.3. The van der Waals surface area contributed by atoms with E-state index < -0.39 is 16.5 Å². The zero-order valence-electron chi connectivity index (χ0n) is 8.28.